The SMILES string of the molecule is CCCc1cc(CN)cc(-n2ccc(C(F)(F)F)n2)n1. The topological polar surface area (TPSA) is 56.7 Å². The van der Waals surface area contributed by atoms with Crippen LogP contribution in [0, 0.1) is 0 Å². The van der Waals surface area contributed by atoms with Crippen LogP contribution in [0.1, 0.15) is 30.3 Å². The van der Waals surface area contributed by atoms with Crippen molar-refractivity contribution in [2.24, 2.45) is 5.73 Å². The Hall–Kier alpha value is -1.89. The lowest BCUT2D eigenvalue weighted by atomic mass is 10.1. The molecule has 7 heteroatoms. The Kier molecular flexibility index (Phi) is 4.08. The van der Waals surface area contributed by atoms with Gasteiger partial charge in [0.05, 0.1) is 0 Å². The fourth-order valence-corrected chi connectivity index (χ4v) is 1.86. The number of alkyl halides is 3. The van der Waals surface area contributed by atoms with Crippen molar-refractivity contribution in [3.05, 3.63) is 41.3 Å². The van der Waals surface area contributed by atoms with Gasteiger partial charge in [0.2, 0.25) is 0 Å². The van der Waals surface area contributed by atoms with Gasteiger partial charge in [-0.3, -0.25) is 0 Å². The molecule has 0 atom stereocenters. The number of aryl methyl sites for hydroxylation is 1. The van der Waals surface area contributed by atoms with E-state index in [1.54, 1.807) is 6.07 Å². The summed E-state index contributed by atoms with van der Waals surface area (Å²) in [7, 11) is 0. The number of pyridine rings is 1. The van der Waals surface area contributed by atoms with Crippen molar-refractivity contribution in [2.75, 3.05) is 0 Å². The van der Waals surface area contributed by atoms with Gasteiger partial charge in [-0.2, -0.15) is 18.3 Å². The van der Waals surface area contributed by atoms with E-state index in [2.05, 4.69) is 10.1 Å². The van der Waals surface area contributed by atoms with Crippen molar-refractivity contribution < 1.29 is 13.2 Å². The van der Waals surface area contributed by atoms with E-state index in [-0.39, 0.29) is 0 Å². The maximum absolute atomic E-state index is 12.5. The molecule has 0 unspecified atom stereocenters. The van der Waals surface area contributed by atoms with Crippen molar-refractivity contribution in [2.45, 2.75) is 32.5 Å². The number of aromatic nitrogens is 3. The van der Waals surface area contributed by atoms with E-state index in [0.717, 1.165) is 34.8 Å². The monoisotopic (exact) mass is 284 g/mol. The summed E-state index contributed by atoms with van der Waals surface area (Å²) < 4.78 is 38.8. The first kappa shape index (κ1) is 14.5. The Morgan fingerprint density at radius 2 is 2.05 bits per heavy atom. The number of hydrogen-bond donors (Lipinski definition) is 1. The van der Waals surface area contributed by atoms with E-state index < -0.39 is 11.9 Å². The second-order valence-corrected chi connectivity index (χ2v) is 4.42. The van der Waals surface area contributed by atoms with Crippen LogP contribution in [-0.2, 0) is 19.1 Å². The lowest BCUT2D eigenvalue weighted by Gasteiger charge is -2.07. The van der Waals surface area contributed by atoms with Gasteiger partial charge in [-0.15, -0.1) is 0 Å². The predicted octanol–water partition coefficient (Wildman–Crippen LogP) is 2.70. The van der Waals surface area contributed by atoms with E-state index in [1.165, 1.54) is 6.20 Å². The maximum atomic E-state index is 12.5. The third-order valence-corrected chi connectivity index (χ3v) is 2.78. The maximum Gasteiger partial charge on any atom is 0.435 e. The first-order valence-electron chi connectivity index (χ1n) is 6.27. The third-order valence-electron chi connectivity index (χ3n) is 2.78. The summed E-state index contributed by atoms with van der Waals surface area (Å²) in [6.45, 7) is 2.31. The van der Waals surface area contributed by atoms with Crippen LogP contribution in [0.2, 0.25) is 0 Å². The molecular formula is C13H15F3N4. The first-order valence-corrected chi connectivity index (χ1v) is 6.27. The summed E-state index contributed by atoms with van der Waals surface area (Å²) in [5, 5.41) is 3.52. The summed E-state index contributed by atoms with van der Waals surface area (Å²) in [5.41, 5.74) is 6.29. The molecule has 4 nitrogen and oxygen atoms in total. The average molecular weight is 284 g/mol. The third kappa shape index (κ3) is 3.16. The van der Waals surface area contributed by atoms with Gasteiger partial charge >= 0.3 is 6.18 Å². The lowest BCUT2D eigenvalue weighted by molar-refractivity contribution is -0.141. The predicted molar refractivity (Wildman–Crippen MR) is 68.2 cm³/mol. The Morgan fingerprint density at radius 1 is 1.30 bits per heavy atom. The fraction of sp³-hybridized carbons (Fsp3) is 0.385. The van der Waals surface area contributed by atoms with Crippen LogP contribution in [-0.4, -0.2) is 14.8 Å². The first-order chi connectivity index (χ1) is 9.44. The molecule has 2 rings (SSSR count). The van der Waals surface area contributed by atoms with E-state index >= 15 is 0 Å². The molecule has 0 saturated carbocycles. The summed E-state index contributed by atoms with van der Waals surface area (Å²) in [4.78, 5) is 4.31. The van der Waals surface area contributed by atoms with E-state index in [1.807, 2.05) is 13.0 Å². The molecule has 2 aromatic rings. The standard InChI is InChI=1S/C13H15F3N4/c1-2-3-10-6-9(8-17)7-12(18-10)20-5-4-11(19-20)13(14,15)16/h4-7H,2-3,8,17H2,1H3. The van der Waals surface area contributed by atoms with Crippen molar-refractivity contribution in [3.63, 3.8) is 0 Å². The van der Waals surface area contributed by atoms with Gasteiger partial charge in [0.25, 0.3) is 0 Å². The molecule has 0 aliphatic rings. The van der Waals surface area contributed by atoms with Crippen LogP contribution < -0.4 is 5.73 Å². The largest absolute Gasteiger partial charge is 0.435 e. The normalized spacial score (nSPS) is 11.8. The molecule has 0 bridgehead atoms. The van der Waals surface area contributed by atoms with Gasteiger partial charge in [-0.25, -0.2) is 9.67 Å². The number of nitrogens with zero attached hydrogens (tertiary/aromatic N) is 3. The average Bonchev–Trinajstić information content (AvgIpc) is 2.88. The van der Waals surface area contributed by atoms with Crippen molar-refractivity contribution in [1.29, 1.82) is 0 Å². The molecule has 0 radical (unpaired) electrons. The molecule has 20 heavy (non-hydrogen) atoms. The van der Waals surface area contributed by atoms with E-state index in [0.29, 0.717) is 12.4 Å². The second kappa shape index (κ2) is 5.62. The highest BCUT2D eigenvalue weighted by molar-refractivity contribution is 5.31. The molecule has 0 aliphatic heterocycles. The minimum Gasteiger partial charge on any atom is -0.326 e. The number of nitrogens with two attached hydrogens (primary N) is 1. The molecule has 0 aliphatic carbocycles. The molecule has 0 saturated heterocycles. The van der Waals surface area contributed by atoms with Crippen LogP contribution >= 0.6 is 0 Å². The lowest BCUT2D eigenvalue weighted by Crippen LogP contribution is -2.09. The van der Waals surface area contributed by atoms with Crippen LogP contribution in [0.3, 0.4) is 0 Å². The van der Waals surface area contributed by atoms with Crippen LogP contribution in [0.15, 0.2) is 24.4 Å². The van der Waals surface area contributed by atoms with Crippen LogP contribution in [0.4, 0.5) is 13.2 Å². The van der Waals surface area contributed by atoms with Gasteiger partial charge < -0.3 is 5.73 Å². The number of hydrogen-bond acceptors (Lipinski definition) is 3. The van der Waals surface area contributed by atoms with E-state index in [9.17, 15) is 13.2 Å². The Labute approximate surface area is 114 Å². The molecule has 0 amide bonds. The highest BCUT2D eigenvalue weighted by Crippen LogP contribution is 2.27. The van der Waals surface area contributed by atoms with Crippen LogP contribution in [0.5, 0.6) is 0 Å². The Balaban J connectivity index is 2.41. The number of halogens is 3. The molecule has 2 N–H and O–H groups in total. The van der Waals surface area contributed by atoms with Crippen molar-refractivity contribution in [3.8, 4) is 5.82 Å². The number of rotatable bonds is 4. The van der Waals surface area contributed by atoms with Gasteiger partial charge in [-0.05, 0) is 30.2 Å². The van der Waals surface area contributed by atoms with Gasteiger partial charge in [-0.1, -0.05) is 13.3 Å². The summed E-state index contributed by atoms with van der Waals surface area (Å²) >= 11 is 0. The van der Waals surface area contributed by atoms with E-state index in [4.69, 9.17) is 5.73 Å². The molecular weight excluding hydrogens is 269 g/mol. The highest BCUT2D eigenvalue weighted by Gasteiger charge is 2.33. The highest BCUT2D eigenvalue weighted by atomic mass is 19.4. The van der Waals surface area contributed by atoms with Gasteiger partial charge in [0.1, 0.15) is 0 Å². The molecule has 2 heterocycles. The minimum atomic E-state index is -4.46. The molecule has 0 fully saturated rings. The fourth-order valence-electron chi connectivity index (χ4n) is 1.86. The quantitative estimate of drug-likeness (QED) is 0.939. The zero-order chi connectivity index (χ0) is 14.8. The minimum absolute atomic E-state index is 0.305. The van der Waals surface area contributed by atoms with Crippen molar-refractivity contribution in [1.82, 2.24) is 14.8 Å². The van der Waals surface area contributed by atoms with Gasteiger partial charge in [0, 0.05) is 18.4 Å². The smallest absolute Gasteiger partial charge is 0.326 e. The van der Waals surface area contributed by atoms with Crippen LogP contribution in [0.25, 0.3) is 5.82 Å². The summed E-state index contributed by atoms with van der Waals surface area (Å²) in [6.07, 6.45) is -1.56. The zero-order valence-corrected chi connectivity index (χ0v) is 11.0. The van der Waals surface area contributed by atoms with Gasteiger partial charge in [0.15, 0.2) is 11.5 Å². The molecule has 108 valence electrons. The van der Waals surface area contributed by atoms with Crippen molar-refractivity contribution >= 4 is 0 Å². The molecule has 0 aromatic carbocycles. The zero-order valence-electron chi connectivity index (χ0n) is 11.0. The Bertz CT molecular complexity index is 590. The summed E-state index contributed by atoms with van der Waals surface area (Å²) in [6, 6.07) is 4.43. The summed E-state index contributed by atoms with van der Waals surface area (Å²) in [5.74, 6) is 0.354. The molecule has 2 aromatic heterocycles. The Morgan fingerprint density at radius 3 is 2.60 bits per heavy atom. The second-order valence-electron chi connectivity index (χ2n) is 4.42. The molecule has 0 spiro atoms.